The molecular formula is C34H37NO9. The van der Waals surface area contributed by atoms with Crippen LogP contribution in [0.1, 0.15) is 64.2 Å². The van der Waals surface area contributed by atoms with Crippen molar-refractivity contribution < 1.29 is 44.3 Å². The number of aliphatic hydroxyl groups is 3. The predicted molar refractivity (Wildman–Crippen MR) is 161 cm³/mol. The Morgan fingerprint density at radius 1 is 1.07 bits per heavy atom. The normalized spacial score (nSPS) is 23.1. The van der Waals surface area contributed by atoms with Crippen molar-refractivity contribution in [3.8, 4) is 22.6 Å². The largest absolute Gasteiger partial charge is 0.508 e. The Balaban J connectivity index is 1.61. The summed E-state index contributed by atoms with van der Waals surface area (Å²) in [5.41, 5.74) is -1.19. The zero-order valence-electron chi connectivity index (χ0n) is 25.4. The van der Waals surface area contributed by atoms with Crippen molar-refractivity contribution in [2.75, 3.05) is 6.61 Å². The number of nitrogens with one attached hydrogen (secondary N) is 1. The molecule has 3 aliphatic rings. The van der Waals surface area contributed by atoms with E-state index >= 15 is 0 Å². The molecule has 5 N–H and O–H groups in total. The van der Waals surface area contributed by atoms with E-state index in [2.05, 4.69) is 5.32 Å². The highest BCUT2D eigenvalue weighted by molar-refractivity contribution is 6.23. The van der Waals surface area contributed by atoms with Gasteiger partial charge >= 0.3 is 0 Å². The number of allylic oxidation sites excluding steroid dienone is 1. The number of carbonyl (C=O) groups is 4. The van der Waals surface area contributed by atoms with Crippen molar-refractivity contribution in [1.29, 1.82) is 0 Å². The maximum atomic E-state index is 13.8. The van der Waals surface area contributed by atoms with Crippen LogP contribution in [0.2, 0.25) is 0 Å². The van der Waals surface area contributed by atoms with Gasteiger partial charge in [0.2, 0.25) is 11.7 Å². The minimum absolute atomic E-state index is 0.0303. The van der Waals surface area contributed by atoms with Gasteiger partial charge in [0.25, 0.3) is 0 Å². The average Bonchev–Trinajstić information content (AvgIpc) is 2.94. The molecule has 3 aliphatic carbocycles. The van der Waals surface area contributed by atoms with Crippen molar-refractivity contribution in [1.82, 2.24) is 5.32 Å². The van der Waals surface area contributed by atoms with Crippen molar-refractivity contribution in [2.45, 2.75) is 66.0 Å². The molecule has 0 spiro atoms. The smallest absolute Gasteiger partial charge is 0.225 e. The van der Waals surface area contributed by atoms with Crippen LogP contribution in [-0.2, 0) is 32.1 Å². The minimum atomic E-state index is -2.54. The van der Waals surface area contributed by atoms with Gasteiger partial charge in [0.05, 0.1) is 12.2 Å². The van der Waals surface area contributed by atoms with Crippen LogP contribution in [0.25, 0.3) is 16.9 Å². The third-order valence-electron chi connectivity index (χ3n) is 8.84. The fourth-order valence-corrected chi connectivity index (χ4v) is 6.62. The zero-order chi connectivity index (χ0) is 32.3. The SMILES string of the molecule is CCOc1ccc(-c2ccc(O)c3c2C[C@H]2C[C@H]4CC(=O)C(C(C)=O)=C(O)[C@@]4(O)C(=O)C2=C3O)cc1CNC(=O)C(C)(C)C. The van der Waals surface area contributed by atoms with Crippen LogP contribution >= 0.6 is 0 Å². The molecule has 232 valence electrons. The van der Waals surface area contributed by atoms with Gasteiger partial charge in [0.15, 0.2) is 17.2 Å². The first kappa shape index (κ1) is 31.0. The highest BCUT2D eigenvalue weighted by Crippen LogP contribution is 2.53. The molecule has 0 radical (unpaired) electrons. The van der Waals surface area contributed by atoms with E-state index in [1.165, 1.54) is 6.07 Å². The molecule has 10 nitrogen and oxygen atoms in total. The third-order valence-corrected chi connectivity index (χ3v) is 8.84. The number of hydrogen-bond acceptors (Lipinski definition) is 9. The number of rotatable bonds is 6. The lowest BCUT2D eigenvalue weighted by atomic mass is 9.59. The number of Topliss-reactive ketones (excluding diaryl/α,β-unsaturated/α-hetero) is 3. The molecule has 0 saturated heterocycles. The van der Waals surface area contributed by atoms with Crippen LogP contribution in [0.15, 0.2) is 47.2 Å². The Labute approximate surface area is 255 Å². The molecular weight excluding hydrogens is 566 g/mol. The third kappa shape index (κ3) is 4.87. The first-order valence-corrected chi connectivity index (χ1v) is 14.7. The van der Waals surface area contributed by atoms with Crippen LogP contribution < -0.4 is 10.1 Å². The summed E-state index contributed by atoms with van der Waals surface area (Å²) < 4.78 is 5.80. The number of phenols is 1. The molecule has 1 fully saturated rings. The summed E-state index contributed by atoms with van der Waals surface area (Å²) in [6, 6.07) is 8.60. The Kier molecular flexibility index (Phi) is 7.70. The van der Waals surface area contributed by atoms with Crippen molar-refractivity contribution in [3.63, 3.8) is 0 Å². The molecule has 2 aromatic rings. The summed E-state index contributed by atoms with van der Waals surface area (Å²) in [5, 5.41) is 47.6. The first-order chi connectivity index (χ1) is 20.6. The van der Waals surface area contributed by atoms with E-state index in [0.717, 1.165) is 18.1 Å². The van der Waals surface area contributed by atoms with Crippen LogP contribution in [0.3, 0.4) is 0 Å². The van der Waals surface area contributed by atoms with Crippen molar-refractivity contribution >= 4 is 29.0 Å². The van der Waals surface area contributed by atoms with E-state index in [0.29, 0.717) is 23.5 Å². The van der Waals surface area contributed by atoms with Crippen molar-refractivity contribution in [2.24, 2.45) is 17.3 Å². The number of phenolic OH excluding ortho intramolecular Hbond substituents is 1. The molecule has 1 amide bonds. The molecule has 0 aliphatic heterocycles. The number of aromatic hydroxyl groups is 1. The monoisotopic (exact) mass is 603 g/mol. The second-order valence-electron chi connectivity index (χ2n) is 12.8. The van der Waals surface area contributed by atoms with Gasteiger partial charge in [-0.25, -0.2) is 0 Å². The number of amides is 1. The Morgan fingerprint density at radius 2 is 1.77 bits per heavy atom. The quantitative estimate of drug-likeness (QED) is 0.303. The number of benzene rings is 2. The molecule has 10 heteroatoms. The van der Waals surface area contributed by atoms with E-state index in [1.54, 1.807) is 12.1 Å². The Bertz CT molecular complexity index is 1680. The molecule has 5 rings (SSSR count). The van der Waals surface area contributed by atoms with E-state index in [1.807, 2.05) is 39.8 Å². The van der Waals surface area contributed by atoms with E-state index in [9.17, 15) is 39.6 Å². The van der Waals surface area contributed by atoms with Gasteiger partial charge in [-0.2, -0.15) is 0 Å². The number of ether oxygens (including phenoxy) is 1. The lowest BCUT2D eigenvalue weighted by Gasteiger charge is -2.46. The summed E-state index contributed by atoms with van der Waals surface area (Å²) in [6.07, 6.45) is -0.0448. The number of aliphatic hydroxyl groups excluding tert-OH is 2. The van der Waals surface area contributed by atoms with Crippen molar-refractivity contribution in [3.05, 3.63) is 63.9 Å². The molecule has 0 aromatic heterocycles. The number of carbonyl (C=O) groups excluding carboxylic acids is 4. The fraction of sp³-hybridized carbons (Fsp3) is 0.412. The summed E-state index contributed by atoms with van der Waals surface area (Å²) in [7, 11) is 0. The Hall–Kier alpha value is -4.44. The second kappa shape index (κ2) is 10.9. The van der Waals surface area contributed by atoms with Crippen LogP contribution in [-0.4, -0.2) is 55.9 Å². The molecule has 3 atom stereocenters. The van der Waals surface area contributed by atoms with E-state index in [-0.39, 0.29) is 48.6 Å². The average molecular weight is 604 g/mol. The Morgan fingerprint density at radius 3 is 2.41 bits per heavy atom. The highest BCUT2D eigenvalue weighted by atomic mass is 16.5. The van der Waals surface area contributed by atoms with Crippen LogP contribution in [0.5, 0.6) is 11.5 Å². The maximum Gasteiger partial charge on any atom is 0.225 e. The topological polar surface area (TPSA) is 170 Å². The standard InChI is InChI=1S/C34H37NO9/c1-6-44-25-10-7-17(11-19(25)15-35-32(42)33(3,4)5)21-8-9-23(37)28-22(21)13-18-12-20-14-24(38)26(16(2)36)30(40)34(20,43)31(41)27(18)29(28)39/h7-11,18,20,37,39-40,43H,6,12-15H2,1-5H3,(H,35,42)/t18-,20+,34-/m1/s1. The van der Waals surface area contributed by atoms with Gasteiger partial charge < -0.3 is 30.5 Å². The molecule has 1 saturated carbocycles. The fourth-order valence-electron chi connectivity index (χ4n) is 6.62. The summed E-state index contributed by atoms with van der Waals surface area (Å²) in [4.78, 5) is 51.2. The first-order valence-electron chi connectivity index (χ1n) is 14.7. The van der Waals surface area contributed by atoms with Gasteiger partial charge in [0.1, 0.15) is 28.6 Å². The van der Waals surface area contributed by atoms with E-state index < -0.39 is 57.3 Å². The van der Waals surface area contributed by atoms with Gasteiger partial charge in [-0.05, 0) is 67.5 Å². The number of hydrogen-bond donors (Lipinski definition) is 5. The summed E-state index contributed by atoms with van der Waals surface area (Å²) in [6.45, 7) is 9.01. The molecule has 2 aromatic carbocycles. The van der Waals surface area contributed by atoms with Gasteiger partial charge in [-0.3, -0.25) is 19.2 Å². The number of fused-ring (bicyclic) bond motifs is 3. The van der Waals surface area contributed by atoms with E-state index in [4.69, 9.17) is 4.74 Å². The summed E-state index contributed by atoms with van der Waals surface area (Å²) in [5.74, 6) is -5.36. The maximum absolute atomic E-state index is 13.8. The second-order valence-corrected chi connectivity index (χ2v) is 12.8. The molecule has 0 heterocycles. The highest BCUT2D eigenvalue weighted by Gasteiger charge is 2.60. The van der Waals surface area contributed by atoms with Gasteiger partial charge in [-0.15, -0.1) is 0 Å². The number of ketones is 3. The van der Waals surface area contributed by atoms with Crippen LogP contribution in [0, 0.1) is 17.3 Å². The lowest BCUT2D eigenvalue weighted by molar-refractivity contribution is -0.147. The molecule has 44 heavy (non-hydrogen) atoms. The molecule has 0 bridgehead atoms. The van der Waals surface area contributed by atoms with Crippen LogP contribution in [0.4, 0.5) is 0 Å². The molecule has 0 unspecified atom stereocenters. The predicted octanol–water partition coefficient (Wildman–Crippen LogP) is 4.26. The van der Waals surface area contributed by atoms with Gasteiger partial charge in [0, 0.05) is 35.4 Å². The van der Waals surface area contributed by atoms with Gasteiger partial charge in [-0.1, -0.05) is 32.9 Å². The lowest BCUT2D eigenvalue weighted by Crippen LogP contribution is -2.57. The zero-order valence-corrected chi connectivity index (χ0v) is 25.4. The minimum Gasteiger partial charge on any atom is -0.508 e. The summed E-state index contributed by atoms with van der Waals surface area (Å²) >= 11 is 0.